The number of thiol groups is 1. The monoisotopic (exact) mass is 142 g/mol. The first-order valence-corrected chi connectivity index (χ1v) is 3.81. The molecule has 0 aromatic carbocycles. The molecule has 0 heterocycles. The van der Waals surface area contributed by atoms with Gasteiger partial charge in [-0.2, -0.15) is 0 Å². The number of rotatable bonds is 3. The average molecular weight is 142 g/mol. The van der Waals surface area contributed by atoms with Gasteiger partial charge in [0, 0.05) is 0 Å². The van der Waals surface area contributed by atoms with E-state index in [0.717, 1.165) is 17.7 Å². The van der Waals surface area contributed by atoms with Crippen LogP contribution in [-0.2, 0) is 0 Å². The second-order valence-corrected chi connectivity index (χ2v) is 2.36. The highest BCUT2D eigenvalue weighted by molar-refractivity contribution is 7.84. The molecule has 9 heavy (non-hydrogen) atoms. The molecule has 0 atom stereocenters. The molecular formula is C8H14S. The lowest BCUT2D eigenvalue weighted by molar-refractivity contribution is 1.21. The molecule has 52 valence electrons. The Morgan fingerprint density at radius 2 is 2.00 bits per heavy atom. The van der Waals surface area contributed by atoms with E-state index in [1.165, 1.54) is 0 Å². The number of hydrogen-bond acceptors (Lipinski definition) is 1. The van der Waals surface area contributed by atoms with Gasteiger partial charge in [-0.15, -0.1) is 12.6 Å². The predicted octanol–water partition coefficient (Wildman–Crippen LogP) is 3.18. The van der Waals surface area contributed by atoms with E-state index in [1.807, 2.05) is 6.08 Å². The fraction of sp³-hybridized carbons (Fsp3) is 0.500. The summed E-state index contributed by atoms with van der Waals surface area (Å²) < 4.78 is 0. The minimum Gasteiger partial charge on any atom is -0.144 e. The van der Waals surface area contributed by atoms with Gasteiger partial charge in [-0.25, -0.2) is 0 Å². The van der Waals surface area contributed by atoms with Crippen LogP contribution in [0.1, 0.15) is 26.7 Å². The molecule has 0 aliphatic rings. The van der Waals surface area contributed by atoms with Crippen molar-refractivity contribution in [3.8, 4) is 0 Å². The summed E-state index contributed by atoms with van der Waals surface area (Å²) in [5.74, 6) is 0. The van der Waals surface area contributed by atoms with Gasteiger partial charge in [-0.05, 0) is 17.7 Å². The molecule has 0 N–H and O–H groups in total. The van der Waals surface area contributed by atoms with Gasteiger partial charge < -0.3 is 0 Å². The summed E-state index contributed by atoms with van der Waals surface area (Å²) >= 11 is 4.22. The summed E-state index contributed by atoms with van der Waals surface area (Å²) in [5.41, 5.74) is 0. The third kappa shape index (κ3) is 5.71. The minimum absolute atomic E-state index is 1.06. The Balaban J connectivity index is 3.60. The van der Waals surface area contributed by atoms with Crippen molar-refractivity contribution in [1.29, 1.82) is 0 Å². The highest BCUT2D eigenvalue weighted by Crippen LogP contribution is 2.03. The Morgan fingerprint density at radius 3 is 2.44 bits per heavy atom. The zero-order valence-corrected chi connectivity index (χ0v) is 6.99. The van der Waals surface area contributed by atoms with Crippen LogP contribution in [0, 0.1) is 0 Å². The van der Waals surface area contributed by atoms with Crippen LogP contribution in [0.2, 0.25) is 0 Å². The van der Waals surface area contributed by atoms with Gasteiger partial charge in [-0.1, -0.05) is 32.1 Å². The predicted molar refractivity (Wildman–Crippen MR) is 46.8 cm³/mol. The van der Waals surface area contributed by atoms with Crippen molar-refractivity contribution in [2.24, 2.45) is 0 Å². The first-order valence-electron chi connectivity index (χ1n) is 3.37. The molecule has 0 unspecified atom stereocenters. The number of hydrogen-bond donors (Lipinski definition) is 1. The molecule has 0 saturated carbocycles. The van der Waals surface area contributed by atoms with Crippen LogP contribution < -0.4 is 0 Å². The summed E-state index contributed by atoms with van der Waals surface area (Å²) in [4.78, 5) is 1.07. The van der Waals surface area contributed by atoms with E-state index in [4.69, 9.17) is 0 Å². The smallest absolute Gasteiger partial charge is 0.000328 e. The van der Waals surface area contributed by atoms with Crippen LogP contribution in [0.25, 0.3) is 0 Å². The number of allylic oxidation sites excluding steroid dienone is 3. The lowest BCUT2D eigenvalue weighted by atomic mass is 10.3. The van der Waals surface area contributed by atoms with E-state index in [0.29, 0.717) is 0 Å². The summed E-state index contributed by atoms with van der Waals surface area (Å²) in [6.07, 6.45) is 8.38. The molecular weight excluding hydrogens is 128 g/mol. The Bertz CT molecular complexity index is 112. The van der Waals surface area contributed by atoms with Crippen LogP contribution in [0.4, 0.5) is 0 Å². The van der Waals surface area contributed by atoms with Gasteiger partial charge in [0.2, 0.25) is 0 Å². The molecule has 0 amide bonds. The maximum Gasteiger partial charge on any atom is -0.000328 e. The zero-order chi connectivity index (χ0) is 7.11. The molecule has 0 aromatic heterocycles. The molecule has 0 fully saturated rings. The van der Waals surface area contributed by atoms with E-state index in [-0.39, 0.29) is 0 Å². The zero-order valence-electron chi connectivity index (χ0n) is 6.09. The molecule has 0 aromatic rings. The first-order chi connectivity index (χ1) is 4.31. The fourth-order valence-corrected chi connectivity index (χ4v) is 0.804. The normalized spacial score (nSPS) is 13.0. The van der Waals surface area contributed by atoms with Crippen molar-refractivity contribution in [2.45, 2.75) is 26.7 Å². The third-order valence-electron chi connectivity index (χ3n) is 0.938. The van der Waals surface area contributed by atoms with Crippen LogP contribution in [-0.4, -0.2) is 0 Å². The Morgan fingerprint density at radius 1 is 1.33 bits per heavy atom. The van der Waals surface area contributed by atoms with Crippen LogP contribution in [0.5, 0.6) is 0 Å². The maximum atomic E-state index is 4.22. The van der Waals surface area contributed by atoms with Crippen molar-refractivity contribution in [3.05, 3.63) is 23.1 Å². The van der Waals surface area contributed by atoms with Crippen molar-refractivity contribution < 1.29 is 0 Å². The average Bonchev–Trinajstić information content (AvgIpc) is 1.85. The van der Waals surface area contributed by atoms with E-state index in [2.05, 4.69) is 38.6 Å². The Labute approximate surface area is 63.1 Å². The highest BCUT2D eigenvalue weighted by Gasteiger charge is 1.76. The molecule has 0 nitrogen and oxygen atoms in total. The SMILES string of the molecule is CC/C=C\C(S)=C/CC. The highest BCUT2D eigenvalue weighted by atomic mass is 32.1. The molecule has 1 heteroatoms. The van der Waals surface area contributed by atoms with Crippen molar-refractivity contribution in [2.75, 3.05) is 0 Å². The van der Waals surface area contributed by atoms with Gasteiger partial charge in [0.25, 0.3) is 0 Å². The van der Waals surface area contributed by atoms with Gasteiger partial charge >= 0.3 is 0 Å². The van der Waals surface area contributed by atoms with Crippen molar-refractivity contribution in [1.82, 2.24) is 0 Å². The quantitative estimate of drug-likeness (QED) is 0.454. The molecule has 0 aliphatic heterocycles. The van der Waals surface area contributed by atoms with E-state index < -0.39 is 0 Å². The second-order valence-electron chi connectivity index (χ2n) is 1.85. The Hall–Kier alpha value is -0.170. The fourth-order valence-electron chi connectivity index (χ4n) is 0.516. The van der Waals surface area contributed by atoms with Gasteiger partial charge in [0.1, 0.15) is 0 Å². The molecule has 0 bridgehead atoms. The van der Waals surface area contributed by atoms with E-state index >= 15 is 0 Å². The largest absolute Gasteiger partial charge is 0.144 e. The second kappa shape index (κ2) is 5.96. The van der Waals surface area contributed by atoms with E-state index in [1.54, 1.807) is 0 Å². The van der Waals surface area contributed by atoms with Gasteiger partial charge in [-0.3, -0.25) is 0 Å². The molecule has 0 rings (SSSR count). The van der Waals surface area contributed by atoms with Gasteiger partial charge in [0.15, 0.2) is 0 Å². The first kappa shape index (κ1) is 8.83. The summed E-state index contributed by atoms with van der Waals surface area (Å²) in [6.45, 7) is 4.22. The minimum atomic E-state index is 1.06. The van der Waals surface area contributed by atoms with E-state index in [9.17, 15) is 0 Å². The molecule has 0 aliphatic carbocycles. The third-order valence-corrected chi connectivity index (χ3v) is 1.27. The maximum absolute atomic E-state index is 4.22. The van der Waals surface area contributed by atoms with Crippen molar-refractivity contribution in [3.63, 3.8) is 0 Å². The van der Waals surface area contributed by atoms with Crippen LogP contribution in [0.15, 0.2) is 23.1 Å². The van der Waals surface area contributed by atoms with Crippen molar-refractivity contribution >= 4 is 12.6 Å². The summed E-state index contributed by atoms with van der Waals surface area (Å²) in [7, 11) is 0. The lowest BCUT2D eigenvalue weighted by Crippen LogP contribution is -1.62. The standard InChI is InChI=1S/C8H14S/c1-3-5-7-8(9)6-4-2/h5-7,9H,3-4H2,1-2H3/b7-5-,8-6+. The molecule has 0 spiro atoms. The Kier molecular flexibility index (Phi) is 5.85. The molecule has 0 saturated heterocycles. The van der Waals surface area contributed by atoms with Crippen LogP contribution >= 0.6 is 12.6 Å². The van der Waals surface area contributed by atoms with Crippen LogP contribution in [0.3, 0.4) is 0 Å². The van der Waals surface area contributed by atoms with Gasteiger partial charge in [0.05, 0.1) is 0 Å². The molecule has 0 radical (unpaired) electrons. The summed E-state index contributed by atoms with van der Waals surface area (Å²) in [5, 5.41) is 0. The summed E-state index contributed by atoms with van der Waals surface area (Å²) in [6, 6.07) is 0. The topological polar surface area (TPSA) is 0 Å². The lowest BCUT2D eigenvalue weighted by Gasteiger charge is -1.86.